The molecule has 1 amide bonds. The Balaban J connectivity index is 1.78. The molecule has 0 heterocycles. The fraction of sp³-hybridized carbons (Fsp3) is 0.381. The van der Waals surface area contributed by atoms with E-state index >= 15 is 0 Å². The first-order valence-electron chi connectivity index (χ1n) is 9.31. The predicted molar refractivity (Wildman–Crippen MR) is 112 cm³/mol. The summed E-state index contributed by atoms with van der Waals surface area (Å²) in [6, 6.07) is 10.7. The Labute approximate surface area is 172 Å². The molecule has 0 saturated carbocycles. The molecule has 2 aromatic rings. The first kappa shape index (κ1) is 22.7. The highest BCUT2D eigenvalue weighted by Gasteiger charge is 2.16. The van der Waals surface area contributed by atoms with Crippen molar-refractivity contribution in [2.45, 2.75) is 31.6 Å². The van der Waals surface area contributed by atoms with Crippen molar-refractivity contribution in [3.05, 3.63) is 53.1 Å². The number of sulfonamides is 1. The van der Waals surface area contributed by atoms with E-state index in [1.165, 1.54) is 0 Å². The lowest BCUT2D eigenvalue weighted by molar-refractivity contribution is -0.121. The van der Waals surface area contributed by atoms with Crippen LogP contribution in [0.25, 0.3) is 0 Å². The number of aryl methyl sites for hydroxylation is 3. The minimum atomic E-state index is -3.60. The van der Waals surface area contributed by atoms with Gasteiger partial charge in [0.15, 0.2) is 11.5 Å². The lowest BCUT2D eigenvalue weighted by atomic mass is 10.1. The van der Waals surface area contributed by atoms with Gasteiger partial charge in [0.25, 0.3) is 0 Å². The van der Waals surface area contributed by atoms with Crippen LogP contribution in [0, 0.1) is 13.8 Å². The Morgan fingerprint density at radius 3 is 2.34 bits per heavy atom. The number of amides is 1. The molecule has 0 unspecified atom stereocenters. The monoisotopic (exact) mass is 420 g/mol. The molecule has 2 aromatic carbocycles. The normalized spacial score (nSPS) is 11.2. The van der Waals surface area contributed by atoms with Gasteiger partial charge in [-0.15, -0.1) is 0 Å². The van der Waals surface area contributed by atoms with Crippen LogP contribution < -0.4 is 19.5 Å². The number of rotatable bonds is 10. The lowest BCUT2D eigenvalue weighted by Gasteiger charge is -2.11. The molecule has 0 aliphatic heterocycles. The summed E-state index contributed by atoms with van der Waals surface area (Å²) in [7, 11) is -0.471. The van der Waals surface area contributed by atoms with Crippen molar-refractivity contribution in [3.8, 4) is 11.5 Å². The number of methoxy groups -OCH3 is 2. The van der Waals surface area contributed by atoms with Crippen molar-refractivity contribution in [2.24, 2.45) is 0 Å². The zero-order valence-electron chi connectivity index (χ0n) is 17.2. The van der Waals surface area contributed by atoms with E-state index in [9.17, 15) is 13.2 Å². The molecule has 2 N–H and O–H groups in total. The quantitative estimate of drug-likeness (QED) is 0.576. The summed E-state index contributed by atoms with van der Waals surface area (Å²) in [6.07, 6.45) is 0.833. The fourth-order valence-corrected chi connectivity index (χ4v) is 4.20. The van der Waals surface area contributed by atoms with Crippen molar-refractivity contribution in [1.82, 2.24) is 10.0 Å². The Morgan fingerprint density at radius 1 is 0.966 bits per heavy atom. The summed E-state index contributed by atoms with van der Waals surface area (Å²) in [5, 5.41) is 2.73. The van der Waals surface area contributed by atoms with Gasteiger partial charge in [-0.25, -0.2) is 13.1 Å². The summed E-state index contributed by atoms with van der Waals surface area (Å²) >= 11 is 0. The second kappa shape index (κ2) is 10.3. The Kier molecular flexibility index (Phi) is 8.04. The molecular formula is C21H28N2O5S. The van der Waals surface area contributed by atoms with Crippen LogP contribution >= 0.6 is 0 Å². The molecule has 0 radical (unpaired) electrons. The van der Waals surface area contributed by atoms with Crippen LogP contribution in [0.15, 0.2) is 41.3 Å². The molecule has 7 nitrogen and oxygen atoms in total. The smallest absolute Gasteiger partial charge is 0.240 e. The molecule has 158 valence electrons. The van der Waals surface area contributed by atoms with E-state index in [1.54, 1.807) is 39.3 Å². The molecule has 0 aromatic heterocycles. The van der Waals surface area contributed by atoms with Crippen molar-refractivity contribution in [1.29, 1.82) is 0 Å². The second-order valence-corrected chi connectivity index (χ2v) is 8.44. The zero-order chi connectivity index (χ0) is 21.4. The highest BCUT2D eigenvalue weighted by Crippen LogP contribution is 2.27. The standard InChI is InChI=1S/C21H28N2O5S/c1-15-5-9-20(16(2)13-15)29(25,26)23-12-11-22-21(24)10-7-17-6-8-18(27-3)19(14-17)28-4/h5-6,8-9,13-14,23H,7,10-12H2,1-4H3,(H,22,24). The van der Waals surface area contributed by atoms with Crippen LogP contribution in [0.3, 0.4) is 0 Å². The molecule has 0 fully saturated rings. The Morgan fingerprint density at radius 2 is 1.69 bits per heavy atom. The van der Waals surface area contributed by atoms with E-state index in [0.29, 0.717) is 29.9 Å². The van der Waals surface area contributed by atoms with Gasteiger partial charge in [0.1, 0.15) is 0 Å². The number of hydrogen-bond donors (Lipinski definition) is 2. The third kappa shape index (κ3) is 6.47. The van der Waals surface area contributed by atoms with Crippen molar-refractivity contribution >= 4 is 15.9 Å². The van der Waals surface area contributed by atoms with Gasteiger partial charge in [-0.1, -0.05) is 23.8 Å². The van der Waals surface area contributed by atoms with Crippen LogP contribution in [-0.2, 0) is 21.2 Å². The van der Waals surface area contributed by atoms with Gasteiger partial charge in [0.05, 0.1) is 19.1 Å². The van der Waals surface area contributed by atoms with Gasteiger partial charge >= 0.3 is 0 Å². The Hall–Kier alpha value is -2.58. The average Bonchev–Trinajstić information content (AvgIpc) is 2.69. The van der Waals surface area contributed by atoms with Crippen LogP contribution in [-0.4, -0.2) is 41.6 Å². The van der Waals surface area contributed by atoms with E-state index in [0.717, 1.165) is 11.1 Å². The molecule has 0 aliphatic carbocycles. The van der Waals surface area contributed by atoms with E-state index in [2.05, 4.69) is 10.0 Å². The van der Waals surface area contributed by atoms with Crippen LogP contribution in [0.4, 0.5) is 0 Å². The molecule has 8 heteroatoms. The second-order valence-electron chi connectivity index (χ2n) is 6.71. The SMILES string of the molecule is COc1ccc(CCC(=O)NCCNS(=O)(=O)c2ccc(C)cc2C)cc1OC. The molecule has 0 atom stereocenters. The average molecular weight is 421 g/mol. The number of benzene rings is 2. The summed E-state index contributed by atoms with van der Waals surface area (Å²) in [4.78, 5) is 12.3. The maximum absolute atomic E-state index is 12.4. The summed E-state index contributed by atoms with van der Waals surface area (Å²) in [6.45, 7) is 4.01. The van der Waals surface area contributed by atoms with E-state index in [4.69, 9.17) is 9.47 Å². The highest BCUT2D eigenvalue weighted by molar-refractivity contribution is 7.89. The molecule has 0 bridgehead atoms. The predicted octanol–water partition coefficient (Wildman–Crippen LogP) is 2.35. The van der Waals surface area contributed by atoms with Crippen LogP contribution in [0.5, 0.6) is 11.5 Å². The number of carbonyl (C=O) groups excluding carboxylic acids is 1. The maximum Gasteiger partial charge on any atom is 0.240 e. The molecule has 2 rings (SSSR count). The molecule has 0 saturated heterocycles. The first-order chi connectivity index (χ1) is 13.8. The third-order valence-electron chi connectivity index (χ3n) is 4.45. The summed E-state index contributed by atoms with van der Waals surface area (Å²) in [5.41, 5.74) is 2.65. The third-order valence-corrected chi connectivity index (χ3v) is 6.07. The van der Waals surface area contributed by atoms with Gasteiger partial charge in [-0.3, -0.25) is 4.79 Å². The molecular weight excluding hydrogens is 392 g/mol. The summed E-state index contributed by atoms with van der Waals surface area (Å²) in [5.74, 6) is 1.11. The summed E-state index contributed by atoms with van der Waals surface area (Å²) < 4.78 is 37.7. The number of carbonyl (C=O) groups is 1. The highest BCUT2D eigenvalue weighted by atomic mass is 32.2. The van der Waals surface area contributed by atoms with Crippen LogP contribution in [0.2, 0.25) is 0 Å². The van der Waals surface area contributed by atoms with Gasteiger partial charge in [-0.2, -0.15) is 0 Å². The van der Waals surface area contributed by atoms with E-state index < -0.39 is 10.0 Å². The number of nitrogens with one attached hydrogen (secondary N) is 2. The lowest BCUT2D eigenvalue weighted by Crippen LogP contribution is -2.35. The fourth-order valence-electron chi connectivity index (χ4n) is 2.95. The minimum absolute atomic E-state index is 0.123. The number of hydrogen-bond acceptors (Lipinski definition) is 5. The molecule has 29 heavy (non-hydrogen) atoms. The maximum atomic E-state index is 12.4. The zero-order valence-corrected chi connectivity index (χ0v) is 18.1. The number of ether oxygens (including phenoxy) is 2. The Bertz CT molecular complexity index is 958. The molecule has 0 aliphatic rings. The van der Waals surface area contributed by atoms with Crippen molar-refractivity contribution in [3.63, 3.8) is 0 Å². The van der Waals surface area contributed by atoms with Crippen LogP contribution in [0.1, 0.15) is 23.1 Å². The van der Waals surface area contributed by atoms with Crippen molar-refractivity contribution < 1.29 is 22.7 Å². The minimum Gasteiger partial charge on any atom is -0.493 e. The molecule has 0 spiro atoms. The van der Waals surface area contributed by atoms with Gasteiger partial charge < -0.3 is 14.8 Å². The van der Waals surface area contributed by atoms with Crippen molar-refractivity contribution in [2.75, 3.05) is 27.3 Å². The van der Waals surface area contributed by atoms with Gasteiger partial charge in [-0.05, 0) is 49.6 Å². The van der Waals surface area contributed by atoms with Gasteiger partial charge in [0.2, 0.25) is 15.9 Å². The first-order valence-corrected chi connectivity index (χ1v) is 10.8. The van der Waals surface area contributed by atoms with Gasteiger partial charge in [0, 0.05) is 19.5 Å². The van der Waals surface area contributed by atoms with E-state index in [1.807, 2.05) is 25.1 Å². The topological polar surface area (TPSA) is 93.7 Å². The largest absolute Gasteiger partial charge is 0.493 e. The van der Waals surface area contributed by atoms with E-state index in [-0.39, 0.29) is 23.9 Å².